The summed E-state index contributed by atoms with van der Waals surface area (Å²) >= 11 is 1.46. The maximum atomic E-state index is 11.5. The second kappa shape index (κ2) is 3.96. The molecule has 0 atom stereocenters. The van der Waals surface area contributed by atoms with Gasteiger partial charge in [0.1, 0.15) is 0 Å². The Morgan fingerprint density at radius 3 is 3.07 bits per heavy atom. The van der Waals surface area contributed by atoms with Crippen molar-refractivity contribution in [2.24, 2.45) is 0 Å². The number of nitrogens with two attached hydrogens (primary N) is 1. The van der Waals surface area contributed by atoms with Crippen molar-refractivity contribution in [3.05, 3.63) is 11.1 Å². The molecule has 2 N–H and O–H groups in total. The Balaban J connectivity index is 1.99. The lowest BCUT2D eigenvalue weighted by atomic mass is 10.1. The van der Waals surface area contributed by atoms with Crippen LogP contribution >= 0.6 is 11.3 Å². The molecule has 76 valence electrons. The summed E-state index contributed by atoms with van der Waals surface area (Å²) in [5, 5.41) is 0.574. The molecule has 0 saturated carbocycles. The molecule has 14 heavy (non-hydrogen) atoms. The fraction of sp³-hybridized carbons (Fsp3) is 0.556. The van der Waals surface area contributed by atoms with Crippen LogP contribution in [0, 0.1) is 0 Å². The van der Waals surface area contributed by atoms with Crippen molar-refractivity contribution in [2.45, 2.75) is 25.8 Å². The first-order valence-electron chi connectivity index (χ1n) is 4.73. The molecule has 0 aliphatic carbocycles. The average molecular weight is 211 g/mol. The van der Waals surface area contributed by atoms with Crippen molar-refractivity contribution in [2.75, 3.05) is 12.3 Å². The van der Waals surface area contributed by atoms with Gasteiger partial charge in [0.25, 0.3) is 0 Å². The lowest BCUT2D eigenvalue weighted by Gasteiger charge is -2.25. The summed E-state index contributed by atoms with van der Waals surface area (Å²) in [5.74, 6) is 0.253. The number of nitrogen functional groups attached to an aromatic ring is 1. The van der Waals surface area contributed by atoms with Crippen LogP contribution in [0.2, 0.25) is 0 Å². The number of likely N-dealkylation sites (tertiary alicyclic amines) is 1. The number of aromatic nitrogens is 1. The van der Waals surface area contributed by atoms with Gasteiger partial charge in [0.15, 0.2) is 5.13 Å². The highest BCUT2D eigenvalue weighted by Crippen LogP contribution is 2.19. The SMILES string of the molecule is Nc1ncc(CN2CCCCC2=O)s1. The fourth-order valence-corrected chi connectivity index (χ4v) is 2.31. The van der Waals surface area contributed by atoms with Gasteiger partial charge in [0, 0.05) is 24.0 Å². The fourth-order valence-electron chi connectivity index (χ4n) is 1.61. The Bertz CT molecular complexity index is 337. The number of hydrogen-bond acceptors (Lipinski definition) is 4. The van der Waals surface area contributed by atoms with Crippen LogP contribution in [-0.4, -0.2) is 22.3 Å². The summed E-state index contributed by atoms with van der Waals surface area (Å²) in [7, 11) is 0. The van der Waals surface area contributed by atoms with Crippen LogP contribution in [0.4, 0.5) is 5.13 Å². The van der Waals surface area contributed by atoms with Gasteiger partial charge < -0.3 is 10.6 Å². The quantitative estimate of drug-likeness (QED) is 0.800. The molecule has 0 spiro atoms. The van der Waals surface area contributed by atoms with E-state index >= 15 is 0 Å². The van der Waals surface area contributed by atoms with Gasteiger partial charge in [-0.3, -0.25) is 4.79 Å². The number of thiazole rings is 1. The molecule has 4 nitrogen and oxygen atoms in total. The number of hydrogen-bond donors (Lipinski definition) is 1. The third kappa shape index (κ3) is 2.04. The predicted octanol–water partition coefficient (Wildman–Crippen LogP) is 1.24. The minimum absolute atomic E-state index is 0.253. The van der Waals surface area contributed by atoms with Crippen LogP contribution < -0.4 is 5.73 Å². The lowest BCUT2D eigenvalue weighted by molar-refractivity contribution is -0.133. The average Bonchev–Trinajstić information content (AvgIpc) is 2.56. The highest BCUT2D eigenvalue weighted by atomic mass is 32.1. The van der Waals surface area contributed by atoms with Crippen LogP contribution in [0.15, 0.2) is 6.20 Å². The van der Waals surface area contributed by atoms with Crippen molar-refractivity contribution >= 4 is 22.4 Å². The van der Waals surface area contributed by atoms with Crippen LogP contribution in [0.1, 0.15) is 24.1 Å². The monoisotopic (exact) mass is 211 g/mol. The predicted molar refractivity (Wildman–Crippen MR) is 55.8 cm³/mol. The third-order valence-corrected chi connectivity index (χ3v) is 3.15. The van der Waals surface area contributed by atoms with Gasteiger partial charge in [-0.2, -0.15) is 0 Å². The van der Waals surface area contributed by atoms with Crippen molar-refractivity contribution in [3.8, 4) is 0 Å². The van der Waals surface area contributed by atoms with Gasteiger partial charge >= 0.3 is 0 Å². The van der Waals surface area contributed by atoms with Crippen molar-refractivity contribution < 1.29 is 4.79 Å². The van der Waals surface area contributed by atoms with E-state index in [1.165, 1.54) is 11.3 Å². The van der Waals surface area contributed by atoms with Gasteiger partial charge in [0.05, 0.1) is 6.54 Å². The first-order chi connectivity index (χ1) is 6.75. The number of rotatable bonds is 2. The van der Waals surface area contributed by atoms with Crippen LogP contribution in [-0.2, 0) is 11.3 Å². The molecule has 1 aromatic heterocycles. The zero-order valence-corrected chi connectivity index (χ0v) is 8.72. The molecule has 1 aliphatic heterocycles. The molecule has 0 unspecified atom stereocenters. The molecule has 2 rings (SSSR count). The van der Waals surface area contributed by atoms with Crippen LogP contribution in [0.3, 0.4) is 0 Å². The minimum Gasteiger partial charge on any atom is -0.375 e. The van der Waals surface area contributed by atoms with Crippen LogP contribution in [0.25, 0.3) is 0 Å². The summed E-state index contributed by atoms with van der Waals surface area (Å²) in [6.45, 7) is 1.55. The van der Waals surface area contributed by atoms with Gasteiger partial charge in [-0.1, -0.05) is 0 Å². The zero-order chi connectivity index (χ0) is 9.97. The topological polar surface area (TPSA) is 59.2 Å². The van der Waals surface area contributed by atoms with E-state index in [9.17, 15) is 4.79 Å². The van der Waals surface area contributed by atoms with Gasteiger partial charge in [-0.25, -0.2) is 4.98 Å². The maximum Gasteiger partial charge on any atom is 0.222 e. The Kier molecular flexibility index (Phi) is 2.67. The number of amides is 1. The van der Waals surface area contributed by atoms with Gasteiger partial charge in [-0.15, -0.1) is 11.3 Å². The summed E-state index contributed by atoms with van der Waals surface area (Å²) in [5.41, 5.74) is 5.52. The number of carbonyl (C=O) groups excluding carboxylic acids is 1. The molecule has 0 bridgehead atoms. The van der Waals surface area contributed by atoms with Gasteiger partial charge in [-0.05, 0) is 12.8 Å². The number of carbonyl (C=O) groups is 1. The standard InChI is InChI=1S/C9H13N3OS/c10-9-11-5-7(14-9)6-12-4-2-1-3-8(12)13/h5H,1-4,6H2,(H2,10,11). The van der Waals surface area contributed by atoms with Crippen LogP contribution in [0.5, 0.6) is 0 Å². The first kappa shape index (κ1) is 9.45. The number of anilines is 1. The minimum atomic E-state index is 0.253. The highest BCUT2D eigenvalue weighted by molar-refractivity contribution is 7.15. The van der Waals surface area contributed by atoms with E-state index in [2.05, 4.69) is 4.98 Å². The van der Waals surface area contributed by atoms with Crippen molar-refractivity contribution in [3.63, 3.8) is 0 Å². The Morgan fingerprint density at radius 2 is 2.43 bits per heavy atom. The maximum absolute atomic E-state index is 11.5. The van der Waals surface area contributed by atoms with E-state index in [4.69, 9.17) is 5.73 Å². The number of piperidine rings is 1. The molecule has 1 amide bonds. The highest BCUT2D eigenvalue weighted by Gasteiger charge is 2.18. The van der Waals surface area contributed by atoms with E-state index in [1.54, 1.807) is 6.20 Å². The molecule has 1 saturated heterocycles. The molecular formula is C9H13N3OS. The summed E-state index contributed by atoms with van der Waals surface area (Å²) < 4.78 is 0. The third-order valence-electron chi connectivity index (χ3n) is 2.34. The van der Waals surface area contributed by atoms with E-state index < -0.39 is 0 Å². The second-order valence-electron chi connectivity index (χ2n) is 3.44. The second-order valence-corrected chi connectivity index (χ2v) is 4.58. The summed E-state index contributed by atoms with van der Waals surface area (Å²) in [6, 6.07) is 0. The normalized spacial score (nSPS) is 17.4. The molecule has 5 heteroatoms. The largest absolute Gasteiger partial charge is 0.375 e. The number of nitrogens with zero attached hydrogens (tertiary/aromatic N) is 2. The first-order valence-corrected chi connectivity index (χ1v) is 5.55. The molecule has 1 fully saturated rings. The van der Waals surface area contributed by atoms with Gasteiger partial charge in [0.2, 0.25) is 5.91 Å². The Morgan fingerprint density at radius 1 is 1.57 bits per heavy atom. The molecule has 0 radical (unpaired) electrons. The smallest absolute Gasteiger partial charge is 0.222 e. The Hall–Kier alpha value is -1.10. The summed E-state index contributed by atoms with van der Waals surface area (Å²) in [6.07, 6.45) is 4.58. The molecule has 1 aromatic rings. The molecule has 2 heterocycles. The van der Waals surface area contributed by atoms with Crippen molar-refractivity contribution in [1.82, 2.24) is 9.88 Å². The molecule has 1 aliphatic rings. The van der Waals surface area contributed by atoms with E-state index in [0.29, 0.717) is 18.1 Å². The molecule has 0 aromatic carbocycles. The van der Waals surface area contributed by atoms with E-state index in [0.717, 1.165) is 24.3 Å². The van der Waals surface area contributed by atoms with E-state index in [-0.39, 0.29) is 5.91 Å². The molecular weight excluding hydrogens is 198 g/mol. The van der Waals surface area contributed by atoms with E-state index in [1.807, 2.05) is 4.90 Å². The zero-order valence-electron chi connectivity index (χ0n) is 7.90. The Labute approximate surface area is 86.7 Å². The lowest BCUT2D eigenvalue weighted by Crippen LogP contribution is -2.34. The summed E-state index contributed by atoms with van der Waals surface area (Å²) in [4.78, 5) is 18.4. The van der Waals surface area contributed by atoms with Crippen molar-refractivity contribution in [1.29, 1.82) is 0 Å².